The van der Waals surface area contributed by atoms with E-state index in [4.69, 9.17) is 4.74 Å². The third-order valence-electron chi connectivity index (χ3n) is 4.07. The number of benzene rings is 2. The topological polar surface area (TPSA) is 18.0 Å². The maximum atomic E-state index is 6.19. The fourth-order valence-electron chi connectivity index (χ4n) is 2.87. The molecule has 0 saturated heterocycles. The molecule has 3 rings (SSSR count). The fourth-order valence-corrected chi connectivity index (χ4v) is 2.87. The molecule has 1 heterocycles. The average Bonchev–Trinajstić information content (AvgIpc) is 2.85. The number of ether oxygens (including phenoxy) is 1. The van der Waals surface area contributed by atoms with Crippen molar-refractivity contribution in [3.05, 3.63) is 60.7 Å². The minimum Gasteiger partial charge on any atom is -1.00 e. The normalized spacial score (nSPS) is 10.3. The Morgan fingerprint density at radius 2 is 1.46 bits per heavy atom. The van der Waals surface area contributed by atoms with Crippen molar-refractivity contribution in [3.8, 4) is 28.3 Å². The molecule has 0 aliphatic heterocycles. The Morgan fingerprint density at radius 1 is 0.917 bits per heavy atom. The molecule has 0 saturated carbocycles. The van der Waals surface area contributed by atoms with Crippen molar-refractivity contribution in [2.75, 3.05) is 6.61 Å². The number of halogens is 1. The van der Waals surface area contributed by atoms with Crippen LogP contribution in [-0.2, 0) is 14.1 Å². The van der Waals surface area contributed by atoms with Crippen LogP contribution in [0.3, 0.4) is 0 Å². The van der Waals surface area contributed by atoms with Crippen LogP contribution in [0.25, 0.3) is 22.5 Å². The quantitative estimate of drug-likeness (QED) is 0.597. The molecule has 0 bridgehead atoms. The molecule has 0 spiro atoms. The van der Waals surface area contributed by atoms with Crippen LogP contribution >= 0.6 is 0 Å². The molecule has 3 nitrogen and oxygen atoms in total. The van der Waals surface area contributed by atoms with Gasteiger partial charge in [0, 0.05) is 5.56 Å². The van der Waals surface area contributed by atoms with Gasteiger partial charge in [-0.3, -0.25) is 0 Å². The van der Waals surface area contributed by atoms with Gasteiger partial charge in [-0.2, -0.15) is 4.68 Å². The monoisotopic (exact) mass is 386 g/mol. The van der Waals surface area contributed by atoms with Crippen LogP contribution in [0, 0.1) is 0 Å². The first-order valence-corrected chi connectivity index (χ1v) is 8.06. The lowest BCUT2D eigenvalue weighted by molar-refractivity contribution is -0.740. The molecule has 2 aromatic carbocycles. The minimum atomic E-state index is 0. The number of hydrogen-bond donors (Lipinski definition) is 0. The predicted octanol–water partition coefficient (Wildman–Crippen LogP) is 0.976. The van der Waals surface area contributed by atoms with Crippen LogP contribution in [0.5, 0.6) is 5.75 Å². The van der Waals surface area contributed by atoms with E-state index in [-0.39, 0.29) is 17.0 Å². The van der Waals surface area contributed by atoms with E-state index < -0.39 is 0 Å². The SMILES string of the molecule is CCCOc1c(-c2ccccc2)n(C)[n+](C)c1-c1ccccc1.[Br-]. The van der Waals surface area contributed by atoms with Crippen LogP contribution < -0.4 is 26.4 Å². The van der Waals surface area contributed by atoms with Crippen LogP contribution in [0.2, 0.25) is 0 Å². The van der Waals surface area contributed by atoms with Gasteiger partial charge in [-0.05, 0) is 18.6 Å². The molecule has 1 aromatic heterocycles. The van der Waals surface area contributed by atoms with Gasteiger partial charge < -0.3 is 21.7 Å². The standard InChI is InChI=1S/C20H23N2O.BrH/c1-4-15-23-20-18(16-11-7-5-8-12-16)21(2)22(3)19(20)17-13-9-6-10-14-17;/h5-14H,4,15H2,1-3H3;1H/q+1;/p-1. The maximum Gasteiger partial charge on any atom is 0.280 e. The molecule has 0 unspecified atom stereocenters. The number of hydrogen-bond acceptors (Lipinski definition) is 1. The summed E-state index contributed by atoms with van der Waals surface area (Å²) in [6.07, 6.45) is 0.987. The highest BCUT2D eigenvalue weighted by Gasteiger charge is 2.29. The van der Waals surface area contributed by atoms with E-state index in [0.29, 0.717) is 6.61 Å². The van der Waals surface area contributed by atoms with Gasteiger partial charge in [0.1, 0.15) is 0 Å². The van der Waals surface area contributed by atoms with Crippen LogP contribution in [-0.4, -0.2) is 11.3 Å². The van der Waals surface area contributed by atoms with Gasteiger partial charge in [-0.25, -0.2) is 0 Å². The molecular weight excluding hydrogens is 364 g/mol. The van der Waals surface area contributed by atoms with Gasteiger partial charge in [-0.15, -0.1) is 4.68 Å². The Bertz CT molecular complexity index is 719. The Morgan fingerprint density at radius 3 is 2.00 bits per heavy atom. The van der Waals surface area contributed by atoms with Crippen LogP contribution in [0.15, 0.2) is 60.7 Å². The Hall–Kier alpha value is -2.07. The summed E-state index contributed by atoms with van der Waals surface area (Å²) in [4.78, 5) is 0. The number of rotatable bonds is 5. The highest BCUT2D eigenvalue weighted by atomic mass is 79.9. The molecule has 0 fully saturated rings. The van der Waals surface area contributed by atoms with Crippen LogP contribution in [0.1, 0.15) is 13.3 Å². The molecule has 0 radical (unpaired) electrons. The number of aromatic nitrogens is 2. The molecule has 24 heavy (non-hydrogen) atoms. The van der Waals surface area contributed by atoms with Crippen molar-refractivity contribution >= 4 is 0 Å². The van der Waals surface area contributed by atoms with E-state index in [0.717, 1.165) is 23.6 Å². The Labute approximate surface area is 154 Å². The summed E-state index contributed by atoms with van der Waals surface area (Å²) in [5, 5.41) is 0. The van der Waals surface area contributed by atoms with Crippen LogP contribution in [0.4, 0.5) is 0 Å². The molecule has 126 valence electrons. The molecule has 4 heteroatoms. The zero-order valence-corrected chi connectivity index (χ0v) is 16.0. The van der Waals surface area contributed by atoms with Gasteiger partial charge in [0.15, 0.2) is 12.7 Å². The first-order chi connectivity index (χ1) is 11.2. The lowest BCUT2D eigenvalue weighted by atomic mass is 10.1. The largest absolute Gasteiger partial charge is 1.00 e. The van der Waals surface area contributed by atoms with E-state index >= 15 is 0 Å². The van der Waals surface area contributed by atoms with Gasteiger partial charge in [0.05, 0.1) is 19.2 Å². The second kappa shape index (κ2) is 8.15. The summed E-state index contributed by atoms with van der Waals surface area (Å²) in [5.41, 5.74) is 4.55. The van der Waals surface area contributed by atoms with E-state index in [9.17, 15) is 0 Å². The number of nitrogens with zero attached hydrogens (tertiary/aromatic N) is 2. The summed E-state index contributed by atoms with van der Waals surface area (Å²) >= 11 is 0. The highest BCUT2D eigenvalue weighted by Crippen LogP contribution is 2.37. The molecule has 0 N–H and O–H groups in total. The summed E-state index contributed by atoms with van der Waals surface area (Å²) in [7, 11) is 4.15. The summed E-state index contributed by atoms with van der Waals surface area (Å²) in [6, 6.07) is 20.8. The van der Waals surface area contributed by atoms with Crippen molar-refractivity contribution in [3.63, 3.8) is 0 Å². The minimum absolute atomic E-state index is 0. The zero-order valence-electron chi connectivity index (χ0n) is 14.4. The molecule has 0 atom stereocenters. The Kier molecular flexibility index (Phi) is 6.21. The molecule has 0 aliphatic carbocycles. The van der Waals surface area contributed by atoms with E-state index in [1.807, 2.05) is 12.1 Å². The van der Waals surface area contributed by atoms with E-state index in [2.05, 4.69) is 78.9 Å². The first-order valence-electron chi connectivity index (χ1n) is 8.06. The van der Waals surface area contributed by atoms with E-state index in [1.165, 1.54) is 11.1 Å². The first kappa shape index (κ1) is 18.3. The van der Waals surface area contributed by atoms with Crippen molar-refractivity contribution in [2.45, 2.75) is 13.3 Å². The summed E-state index contributed by atoms with van der Waals surface area (Å²) < 4.78 is 10.5. The zero-order chi connectivity index (χ0) is 16.2. The second-order valence-electron chi connectivity index (χ2n) is 5.65. The van der Waals surface area contributed by atoms with Crippen molar-refractivity contribution in [1.29, 1.82) is 0 Å². The molecular formula is C20H23BrN2O. The average molecular weight is 387 g/mol. The van der Waals surface area contributed by atoms with Crippen molar-refractivity contribution < 1.29 is 26.4 Å². The van der Waals surface area contributed by atoms with Crippen molar-refractivity contribution in [2.24, 2.45) is 14.1 Å². The lowest BCUT2D eigenvalue weighted by Gasteiger charge is -2.06. The fraction of sp³-hybridized carbons (Fsp3) is 0.250. The van der Waals surface area contributed by atoms with Gasteiger partial charge in [0.25, 0.3) is 5.69 Å². The van der Waals surface area contributed by atoms with E-state index in [1.54, 1.807) is 0 Å². The van der Waals surface area contributed by atoms with Gasteiger partial charge in [-0.1, -0.05) is 55.5 Å². The Balaban J connectivity index is 0.00000208. The van der Waals surface area contributed by atoms with Gasteiger partial charge in [0.2, 0.25) is 5.75 Å². The lowest BCUT2D eigenvalue weighted by Crippen LogP contribution is -3.00. The smallest absolute Gasteiger partial charge is 0.280 e. The third kappa shape index (κ3) is 3.39. The summed E-state index contributed by atoms with van der Waals surface area (Å²) in [6.45, 7) is 2.84. The molecule has 0 aliphatic rings. The molecule has 3 aromatic rings. The third-order valence-corrected chi connectivity index (χ3v) is 4.07. The van der Waals surface area contributed by atoms with Crippen molar-refractivity contribution in [1.82, 2.24) is 4.68 Å². The second-order valence-corrected chi connectivity index (χ2v) is 5.65. The maximum absolute atomic E-state index is 6.19. The summed E-state index contributed by atoms with van der Waals surface area (Å²) in [5.74, 6) is 0.953. The predicted molar refractivity (Wildman–Crippen MR) is 93.2 cm³/mol. The molecule has 0 amide bonds. The highest BCUT2D eigenvalue weighted by molar-refractivity contribution is 5.76. The van der Waals surface area contributed by atoms with Gasteiger partial charge >= 0.3 is 0 Å².